The average molecular weight is 399 g/mol. The fourth-order valence-corrected chi connectivity index (χ4v) is 4.34. The molecular weight excluding hydrogens is 376 g/mol. The zero-order valence-electron chi connectivity index (χ0n) is 16.2. The number of carbonyl (C=O) groups excluding carboxylic acids is 1. The van der Waals surface area contributed by atoms with Gasteiger partial charge in [-0.1, -0.05) is 42.8 Å². The summed E-state index contributed by atoms with van der Waals surface area (Å²) < 4.78 is 11.1. The van der Waals surface area contributed by atoms with Crippen molar-refractivity contribution in [1.82, 2.24) is 0 Å². The van der Waals surface area contributed by atoms with Crippen molar-refractivity contribution in [3.63, 3.8) is 0 Å². The SMILES string of the molecule is CCc1cc(-c2ccc(Cl)c(OC)c2)ccc1C1=C(O)C2(C)CCC(O2)C1=O. The van der Waals surface area contributed by atoms with Crippen LogP contribution in [-0.2, 0) is 16.0 Å². The molecule has 0 aromatic heterocycles. The minimum atomic E-state index is -0.763. The number of hydrogen-bond donors (Lipinski definition) is 1. The molecule has 0 radical (unpaired) electrons. The maximum absolute atomic E-state index is 12.9. The lowest BCUT2D eigenvalue weighted by atomic mass is 9.87. The Labute approximate surface area is 169 Å². The third kappa shape index (κ3) is 2.92. The average Bonchev–Trinajstić information content (AvgIpc) is 3.08. The summed E-state index contributed by atoms with van der Waals surface area (Å²) in [6, 6.07) is 11.6. The first kappa shape index (κ1) is 19.0. The van der Waals surface area contributed by atoms with Crippen molar-refractivity contribution in [1.29, 1.82) is 0 Å². The van der Waals surface area contributed by atoms with Gasteiger partial charge in [0.2, 0.25) is 0 Å². The number of benzene rings is 2. The van der Waals surface area contributed by atoms with E-state index < -0.39 is 11.7 Å². The number of rotatable bonds is 4. The standard InChI is InChI=1S/C23H23ClO4/c1-4-13-11-14(15-6-8-17(24)19(12-15)27-3)5-7-16(13)20-21(25)18-9-10-23(2,28-18)22(20)26/h5-8,11-12,18,26H,4,9-10H2,1-3H3. The minimum Gasteiger partial charge on any atom is -0.508 e. The molecule has 2 atom stereocenters. The first-order chi connectivity index (χ1) is 13.4. The Hall–Kier alpha value is -2.30. The maximum Gasteiger partial charge on any atom is 0.195 e. The second-order valence-corrected chi connectivity index (χ2v) is 7.95. The number of ether oxygens (including phenoxy) is 2. The highest BCUT2D eigenvalue weighted by molar-refractivity contribution is 6.32. The molecule has 0 spiro atoms. The number of ketones is 1. The molecule has 0 saturated carbocycles. The predicted molar refractivity (Wildman–Crippen MR) is 110 cm³/mol. The van der Waals surface area contributed by atoms with Crippen LogP contribution in [0.5, 0.6) is 5.75 Å². The van der Waals surface area contributed by atoms with Crippen LogP contribution in [0.15, 0.2) is 42.2 Å². The van der Waals surface area contributed by atoms with Gasteiger partial charge in [0, 0.05) is 0 Å². The number of halogens is 1. The lowest BCUT2D eigenvalue weighted by Gasteiger charge is -2.31. The summed E-state index contributed by atoms with van der Waals surface area (Å²) >= 11 is 6.14. The van der Waals surface area contributed by atoms with Crippen molar-refractivity contribution in [3.05, 3.63) is 58.3 Å². The fraction of sp³-hybridized carbons (Fsp3) is 0.348. The first-order valence-corrected chi connectivity index (χ1v) is 9.88. The second-order valence-electron chi connectivity index (χ2n) is 7.54. The normalized spacial score (nSPS) is 24.0. The van der Waals surface area contributed by atoms with E-state index in [-0.39, 0.29) is 11.5 Å². The van der Waals surface area contributed by atoms with Gasteiger partial charge in [-0.05, 0) is 60.6 Å². The smallest absolute Gasteiger partial charge is 0.195 e. The minimum absolute atomic E-state index is 0.0573. The van der Waals surface area contributed by atoms with E-state index in [2.05, 4.69) is 6.07 Å². The molecule has 1 saturated heterocycles. The van der Waals surface area contributed by atoms with Crippen molar-refractivity contribution < 1.29 is 19.4 Å². The Morgan fingerprint density at radius 1 is 1.25 bits per heavy atom. The summed E-state index contributed by atoms with van der Waals surface area (Å²) in [6.07, 6.45) is 1.58. The molecule has 2 aliphatic rings. The zero-order chi connectivity index (χ0) is 20.1. The van der Waals surface area contributed by atoms with E-state index in [0.717, 1.165) is 28.7 Å². The van der Waals surface area contributed by atoms with Crippen LogP contribution < -0.4 is 4.74 Å². The molecule has 1 fully saturated rings. The van der Waals surface area contributed by atoms with E-state index in [0.29, 0.717) is 29.2 Å². The Morgan fingerprint density at radius 3 is 2.68 bits per heavy atom. The largest absolute Gasteiger partial charge is 0.508 e. The summed E-state index contributed by atoms with van der Waals surface area (Å²) in [5, 5.41) is 11.4. The molecule has 5 heteroatoms. The highest BCUT2D eigenvalue weighted by Gasteiger charge is 2.50. The van der Waals surface area contributed by atoms with E-state index in [9.17, 15) is 9.90 Å². The number of carbonyl (C=O) groups is 1. The van der Waals surface area contributed by atoms with Gasteiger partial charge in [-0.25, -0.2) is 0 Å². The Kier molecular flexibility index (Phi) is 4.72. The highest BCUT2D eigenvalue weighted by atomic mass is 35.5. The fourth-order valence-electron chi connectivity index (χ4n) is 4.15. The number of aliphatic hydroxyl groups is 1. The molecule has 2 aromatic rings. The molecule has 1 N–H and O–H groups in total. The van der Waals surface area contributed by atoms with Gasteiger partial charge in [-0.3, -0.25) is 4.79 Å². The number of fused-ring (bicyclic) bond motifs is 2. The van der Waals surface area contributed by atoms with Gasteiger partial charge in [0.1, 0.15) is 23.2 Å². The molecule has 28 heavy (non-hydrogen) atoms. The highest BCUT2D eigenvalue weighted by Crippen LogP contribution is 2.45. The lowest BCUT2D eigenvalue weighted by molar-refractivity contribution is -0.130. The van der Waals surface area contributed by atoms with Crippen LogP contribution in [-0.4, -0.2) is 29.7 Å². The van der Waals surface area contributed by atoms with Gasteiger partial charge >= 0.3 is 0 Å². The lowest BCUT2D eigenvalue weighted by Crippen LogP contribution is -2.37. The molecule has 2 bridgehead atoms. The van der Waals surface area contributed by atoms with E-state index >= 15 is 0 Å². The van der Waals surface area contributed by atoms with E-state index in [4.69, 9.17) is 21.1 Å². The van der Waals surface area contributed by atoms with Crippen molar-refractivity contribution in [3.8, 4) is 16.9 Å². The number of hydrogen-bond acceptors (Lipinski definition) is 4. The molecule has 2 aliphatic heterocycles. The van der Waals surface area contributed by atoms with Gasteiger partial charge in [-0.15, -0.1) is 0 Å². The Bertz CT molecular complexity index is 994. The summed E-state index contributed by atoms with van der Waals surface area (Å²) in [7, 11) is 1.59. The van der Waals surface area contributed by atoms with Crippen LogP contribution in [0.4, 0.5) is 0 Å². The molecular formula is C23H23ClO4. The van der Waals surface area contributed by atoms with Gasteiger partial charge < -0.3 is 14.6 Å². The monoisotopic (exact) mass is 398 g/mol. The van der Waals surface area contributed by atoms with Crippen LogP contribution in [0.1, 0.15) is 37.8 Å². The number of Topliss-reactive ketones (excluding diaryl/α,β-unsaturated/α-hetero) is 1. The Balaban J connectivity index is 1.82. The van der Waals surface area contributed by atoms with E-state index in [1.54, 1.807) is 7.11 Å². The quantitative estimate of drug-likeness (QED) is 0.752. The third-order valence-electron chi connectivity index (χ3n) is 5.80. The third-order valence-corrected chi connectivity index (χ3v) is 6.11. The van der Waals surface area contributed by atoms with Crippen LogP contribution in [0.2, 0.25) is 5.02 Å². The number of aliphatic hydroxyl groups excluding tert-OH is 1. The van der Waals surface area contributed by atoms with Crippen molar-refractivity contribution in [2.75, 3.05) is 7.11 Å². The number of aryl methyl sites for hydroxylation is 1. The van der Waals surface area contributed by atoms with Crippen LogP contribution in [0.25, 0.3) is 16.7 Å². The summed E-state index contributed by atoms with van der Waals surface area (Å²) in [5.41, 5.74) is 3.42. The summed E-state index contributed by atoms with van der Waals surface area (Å²) in [6.45, 7) is 3.90. The Morgan fingerprint density at radius 2 is 1.96 bits per heavy atom. The predicted octanol–water partition coefficient (Wildman–Crippen LogP) is 5.37. The molecule has 4 nitrogen and oxygen atoms in total. The van der Waals surface area contributed by atoms with Crippen LogP contribution >= 0.6 is 11.6 Å². The molecule has 2 unspecified atom stereocenters. The van der Waals surface area contributed by atoms with E-state index in [1.807, 2.05) is 44.2 Å². The van der Waals surface area contributed by atoms with Crippen molar-refractivity contribution >= 4 is 23.0 Å². The summed E-state index contributed by atoms with van der Waals surface area (Å²) in [5.74, 6) is 0.552. The zero-order valence-corrected chi connectivity index (χ0v) is 17.0. The van der Waals surface area contributed by atoms with E-state index in [1.165, 1.54) is 0 Å². The second kappa shape index (κ2) is 6.94. The molecule has 2 heterocycles. The van der Waals surface area contributed by atoms with Crippen molar-refractivity contribution in [2.24, 2.45) is 0 Å². The van der Waals surface area contributed by atoms with Crippen LogP contribution in [0.3, 0.4) is 0 Å². The van der Waals surface area contributed by atoms with Gasteiger partial charge in [0.15, 0.2) is 5.78 Å². The van der Waals surface area contributed by atoms with Gasteiger partial charge in [0.05, 0.1) is 17.7 Å². The van der Waals surface area contributed by atoms with Gasteiger partial charge in [-0.2, -0.15) is 0 Å². The topological polar surface area (TPSA) is 55.8 Å². The summed E-state index contributed by atoms with van der Waals surface area (Å²) in [4.78, 5) is 12.9. The maximum atomic E-state index is 12.9. The molecule has 0 aliphatic carbocycles. The first-order valence-electron chi connectivity index (χ1n) is 9.51. The van der Waals surface area contributed by atoms with Crippen LogP contribution in [0, 0.1) is 0 Å². The van der Waals surface area contributed by atoms with Gasteiger partial charge in [0.25, 0.3) is 0 Å². The molecule has 0 amide bonds. The number of methoxy groups -OCH3 is 1. The van der Waals surface area contributed by atoms with Crippen molar-refractivity contribution in [2.45, 2.75) is 44.8 Å². The molecule has 2 aromatic carbocycles. The molecule has 4 rings (SSSR count). The molecule has 146 valence electrons.